The van der Waals surface area contributed by atoms with E-state index in [-0.39, 0.29) is 11.7 Å². The second-order valence-electron chi connectivity index (χ2n) is 4.39. The van der Waals surface area contributed by atoms with E-state index in [9.17, 15) is 9.18 Å². The van der Waals surface area contributed by atoms with Crippen LogP contribution in [0.1, 0.15) is 17.5 Å². The number of nitrogens with zero attached hydrogens (tertiary/aromatic N) is 4. The van der Waals surface area contributed by atoms with Crippen molar-refractivity contribution < 1.29 is 9.18 Å². The van der Waals surface area contributed by atoms with Gasteiger partial charge < -0.3 is 9.47 Å². The Morgan fingerprint density at radius 1 is 1.26 bits per heavy atom. The molecule has 1 aliphatic heterocycles. The molecule has 0 fully saturated rings. The van der Waals surface area contributed by atoms with Gasteiger partial charge in [-0.15, -0.1) is 10.2 Å². The molecule has 0 atom stereocenters. The Hall–Kier alpha value is -2.24. The van der Waals surface area contributed by atoms with Crippen LogP contribution in [0.5, 0.6) is 0 Å². The van der Waals surface area contributed by atoms with Crippen molar-refractivity contribution in [1.82, 2.24) is 19.7 Å². The van der Waals surface area contributed by atoms with Gasteiger partial charge in [0.15, 0.2) is 5.82 Å². The van der Waals surface area contributed by atoms with Crippen LogP contribution in [0.25, 0.3) is 11.4 Å². The highest BCUT2D eigenvalue weighted by atomic mass is 19.1. The van der Waals surface area contributed by atoms with E-state index < -0.39 is 0 Å². The normalized spacial score (nSPS) is 14.6. The number of benzene rings is 1. The molecule has 98 valence electrons. The number of aromatic nitrogens is 3. The minimum absolute atomic E-state index is 0.121. The minimum atomic E-state index is -0.327. The summed E-state index contributed by atoms with van der Waals surface area (Å²) in [4.78, 5) is 13.8. The van der Waals surface area contributed by atoms with E-state index in [4.69, 9.17) is 0 Å². The number of rotatable bonds is 2. The molecule has 0 spiro atoms. The van der Waals surface area contributed by atoms with Crippen LogP contribution in [0.4, 0.5) is 4.39 Å². The molecule has 1 aromatic heterocycles. The van der Waals surface area contributed by atoms with E-state index in [1.54, 1.807) is 21.6 Å². The van der Waals surface area contributed by atoms with E-state index >= 15 is 0 Å². The summed E-state index contributed by atoms with van der Waals surface area (Å²) in [5.74, 6) is 0.419. The van der Waals surface area contributed by atoms with Crippen LogP contribution >= 0.6 is 0 Å². The molecule has 0 bridgehead atoms. The van der Waals surface area contributed by atoms with Crippen LogP contribution in [-0.4, -0.2) is 38.7 Å². The number of hydrogen-bond acceptors (Lipinski definition) is 3. The Morgan fingerprint density at radius 2 is 2.05 bits per heavy atom. The van der Waals surface area contributed by atoms with E-state index in [1.807, 2.05) is 6.92 Å². The molecule has 19 heavy (non-hydrogen) atoms. The van der Waals surface area contributed by atoms with Gasteiger partial charge in [-0.3, -0.25) is 4.79 Å². The van der Waals surface area contributed by atoms with Gasteiger partial charge in [0.05, 0.1) is 0 Å². The maximum atomic E-state index is 13.3. The Bertz CT molecular complexity index is 637. The molecule has 3 rings (SSSR count). The maximum Gasteiger partial charge on any atom is 0.291 e. The molecule has 0 N–H and O–H groups in total. The van der Waals surface area contributed by atoms with E-state index in [2.05, 4.69) is 10.2 Å². The lowest BCUT2D eigenvalue weighted by Crippen LogP contribution is -2.40. The summed E-state index contributed by atoms with van der Waals surface area (Å²) in [6, 6.07) is 6.15. The molecule has 1 amide bonds. The van der Waals surface area contributed by atoms with Crippen LogP contribution in [0.15, 0.2) is 24.3 Å². The van der Waals surface area contributed by atoms with Gasteiger partial charge in [-0.2, -0.15) is 0 Å². The fourth-order valence-electron chi connectivity index (χ4n) is 2.28. The number of halogens is 1. The smallest absolute Gasteiger partial charge is 0.291 e. The zero-order valence-corrected chi connectivity index (χ0v) is 10.5. The molecule has 0 radical (unpaired) electrons. The monoisotopic (exact) mass is 260 g/mol. The highest BCUT2D eigenvalue weighted by molar-refractivity contribution is 5.92. The quantitative estimate of drug-likeness (QED) is 0.823. The lowest BCUT2D eigenvalue weighted by Gasteiger charge is -2.26. The molecule has 1 aliphatic rings. The fraction of sp³-hybridized carbons (Fsp3) is 0.308. The molecule has 2 aromatic rings. The van der Waals surface area contributed by atoms with Crippen LogP contribution < -0.4 is 0 Å². The second-order valence-corrected chi connectivity index (χ2v) is 4.39. The first kappa shape index (κ1) is 11.8. The molecule has 2 heterocycles. The number of carbonyl (C=O) groups excluding carboxylic acids is 1. The van der Waals surface area contributed by atoms with Crippen LogP contribution in [0.3, 0.4) is 0 Å². The van der Waals surface area contributed by atoms with Gasteiger partial charge in [-0.25, -0.2) is 4.39 Å². The standard InChI is InChI=1S/C13H13FN4O/c1-2-17-6-7-18-11(15-16-12(18)13(17)19)9-4-3-5-10(14)8-9/h3-5,8H,2,6-7H2,1H3. The van der Waals surface area contributed by atoms with Crippen molar-refractivity contribution in [2.75, 3.05) is 13.1 Å². The van der Waals surface area contributed by atoms with Gasteiger partial charge in [-0.1, -0.05) is 12.1 Å². The molecular formula is C13H13FN4O. The van der Waals surface area contributed by atoms with Crippen LogP contribution in [0, 0.1) is 5.82 Å². The average Bonchev–Trinajstić information content (AvgIpc) is 2.84. The van der Waals surface area contributed by atoms with Gasteiger partial charge in [0.25, 0.3) is 5.91 Å². The first-order chi connectivity index (χ1) is 9.20. The lowest BCUT2D eigenvalue weighted by molar-refractivity contribution is 0.0707. The predicted octanol–water partition coefficient (Wildman–Crippen LogP) is 1.56. The lowest BCUT2D eigenvalue weighted by atomic mass is 10.2. The zero-order chi connectivity index (χ0) is 13.4. The SMILES string of the molecule is CCN1CCn2c(nnc2-c2cccc(F)c2)C1=O. The van der Waals surface area contributed by atoms with Gasteiger partial charge in [-0.05, 0) is 19.1 Å². The Morgan fingerprint density at radius 3 is 2.79 bits per heavy atom. The number of amides is 1. The largest absolute Gasteiger partial charge is 0.334 e. The van der Waals surface area contributed by atoms with Gasteiger partial charge >= 0.3 is 0 Å². The van der Waals surface area contributed by atoms with Crippen molar-refractivity contribution in [3.63, 3.8) is 0 Å². The predicted molar refractivity (Wildman–Crippen MR) is 67.0 cm³/mol. The molecule has 0 unspecified atom stereocenters. The van der Waals surface area contributed by atoms with Gasteiger partial charge in [0.1, 0.15) is 5.82 Å². The van der Waals surface area contributed by atoms with E-state index in [1.165, 1.54) is 12.1 Å². The molecule has 1 aromatic carbocycles. The first-order valence-corrected chi connectivity index (χ1v) is 6.19. The highest BCUT2D eigenvalue weighted by Gasteiger charge is 2.28. The molecule has 5 nitrogen and oxygen atoms in total. The van der Waals surface area contributed by atoms with Crippen molar-refractivity contribution in [3.8, 4) is 11.4 Å². The number of hydrogen-bond donors (Lipinski definition) is 0. The van der Waals surface area contributed by atoms with Crippen LogP contribution in [0.2, 0.25) is 0 Å². The van der Waals surface area contributed by atoms with Gasteiger partial charge in [0, 0.05) is 25.2 Å². The summed E-state index contributed by atoms with van der Waals surface area (Å²) < 4.78 is 15.0. The third-order valence-electron chi connectivity index (χ3n) is 3.29. The highest BCUT2D eigenvalue weighted by Crippen LogP contribution is 2.22. The summed E-state index contributed by atoms with van der Waals surface area (Å²) in [5.41, 5.74) is 0.636. The first-order valence-electron chi connectivity index (χ1n) is 6.19. The topological polar surface area (TPSA) is 51.0 Å². The minimum Gasteiger partial charge on any atom is -0.334 e. The van der Waals surface area contributed by atoms with Crippen molar-refractivity contribution in [1.29, 1.82) is 0 Å². The maximum absolute atomic E-state index is 13.3. The Kier molecular flexibility index (Phi) is 2.77. The average molecular weight is 260 g/mol. The summed E-state index contributed by atoms with van der Waals surface area (Å²) in [6.07, 6.45) is 0. The zero-order valence-electron chi connectivity index (χ0n) is 10.5. The molecule has 6 heteroatoms. The van der Waals surface area contributed by atoms with Gasteiger partial charge in [0.2, 0.25) is 5.82 Å². The molecule has 0 saturated carbocycles. The Labute approximate surface area is 109 Å². The van der Waals surface area contributed by atoms with E-state index in [0.29, 0.717) is 36.8 Å². The number of carbonyl (C=O) groups is 1. The van der Waals surface area contributed by atoms with Crippen molar-refractivity contribution >= 4 is 5.91 Å². The number of likely N-dealkylation sites (N-methyl/N-ethyl adjacent to an activating group) is 1. The van der Waals surface area contributed by atoms with Crippen LogP contribution in [-0.2, 0) is 6.54 Å². The Balaban J connectivity index is 2.06. The molecular weight excluding hydrogens is 247 g/mol. The summed E-state index contributed by atoms with van der Waals surface area (Å²) in [6.45, 7) is 3.84. The van der Waals surface area contributed by atoms with Crippen molar-refractivity contribution in [2.24, 2.45) is 0 Å². The van der Waals surface area contributed by atoms with Crippen molar-refractivity contribution in [3.05, 3.63) is 35.9 Å². The number of fused-ring (bicyclic) bond motifs is 1. The summed E-state index contributed by atoms with van der Waals surface area (Å²) in [7, 11) is 0. The molecule has 0 aliphatic carbocycles. The molecule has 0 saturated heterocycles. The third-order valence-corrected chi connectivity index (χ3v) is 3.29. The third kappa shape index (κ3) is 1.89. The summed E-state index contributed by atoms with van der Waals surface area (Å²) in [5, 5.41) is 7.97. The van der Waals surface area contributed by atoms with Crippen molar-refractivity contribution in [2.45, 2.75) is 13.5 Å². The van der Waals surface area contributed by atoms with E-state index in [0.717, 1.165) is 0 Å². The second kappa shape index (κ2) is 4.46. The fourth-order valence-corrected chi connectivity index (χ4v) is 2.28. The summed E-state index contributed by atoms with van der Waals surface area (Å²) >= 11 is 0.